The Bertz CT molecular complexity index is 647. The second kappa shape index (κ2) is 4.44. The van der Waals surface area contributed by atoms with Crippen LogP contribution >= 0.6 is 0 Å². The minimum Gasteiger partial charge on any atom is -0.606 e. The molecule has 3 heteroatoms. The molecule has 0 amide bonds. The summed E-state index contributed by atoms with van der Waals surface area (Å²) in [6, 6.07) is 12.9. The van der Waals surface area contributed by atoms with E-state index in [1.165, 1.54) is 0 Å². The predicted octanol–water partition coefficient (Wildman–Crippen LogP) is 3.15. The smallest absolute Gasteiger partial charge is 0.166 e. The van der Waals surface area contributed by atoms with Crippen LogP contribution in [0.1, 0.15) is 21.5 Å². The molecule has 0 aromatic heterocycles. The first-order valence-corrected chi connectivity index (χ1v) is 6.73. The van der Waals surface area contributed by atoms with Gasteiger partial charge in [0.15, 0.2) is 9.79 Å². The fourth-order valence-corrected chi connectivity index (χ4v) is 3.39. The molecule has 0 saturated carbocycles. The first-order valence-electron chi connectivity index (χ1n) is 5.58. The van der Waals surface area contributed by atoms with Crippen LogP contribution in [0.25, 0.3) is 12.2 Å². The van der Waals surface area contributed by atoms with Crippen molar-refractivity contribution in [2.75, 3.05) is 0 Å². The van der Waals surface area contributed by atoms with Crippen LogP contribution in [0.5, 0.6) is 0 Å². The highest BCUT2D eigenvalue weighted by molar-refractivity contribution is 7.91. The van der Waals surface area contributed by atoms with Gasteiger partial charge in [-0.2, -0.15) is 0 Å². The molecule has 0 saturated heterocycles. The van der Waals surface area contributed by atoms with Crippen molar-refractivity contribution in [3.63, 3.8) is 0 Å². The number of benzene rings is 2. The lowest BCUT2D eigenvalue weighted by Gasteiger charge is -2.12. The zero-order valence-electron chi connectivity index (χ0n) is 9.50. The second-order valence-electron chi connectivity index (χ2n) is 4.06. The summed E-state index contributed by atoms with van der Waals surface area (Å²) in [6.07, 6.45) is 4.67. The number of aldehydes is 1. The third kappa shape index (κ3) is 1.78. The number of carbonyl (C=O) groups is 1. The van der Waals surface area contributed by atoms with Gasteiger partial charge in [0.1, 0.15) is 6.29 Å². The largest absolute Gasteiger partial charge is 0.606 e. The zero-order valence-corrected chi connectivity index (χ0v) is 10.3. The molecule has 2 aromatic rings. The molecule has 0 spiro atoms. The minimum absolute atomic E-state index is 0.551. The summed E-state index contributed by atoms with van der Waals surface area (Å²) >= 11 is -1.24. The molecule has 1 aliphatic heterocycles. The van der Waals surface area contributed by atoms with Gasteiger partial charge in [-0.15, -0.1) is 0 Å². The Labute approximate surface area is 108 Å². The second-order valence-corrected chi connectivity index (χ2v) is 5.47. The Balaban J connectivity index is 2.23. The quantitative estimate of drug-likeness (QED) is 0.579. The van der Waals surface area contributed by atoms with Crippen molar-refractivity contribution in [1.82, 2.24) is 0 Å². The average Bonchev–Trinajstić information content (AvgIpc) is 2.57. The normalized spacial score (nSPS) is 16.6. The van der Waals surface area contributed by atoms with E-state index in [1.54, 1.807) is 12.1 Å². The van der Waals surface area contributed by atoms with E-state index in [1.807, 2.05) is 42.5 Å². The number of carbonyl (C=O) groups excluding carboxylic acids is 1. The Morgan fingerprint density at radius 3 is 2.44 bits per heavy atom. The third-order valence-electron chi connectivity index (χ3n) is 2.93. The Hall–Kier alpha value is -1.84. The van der Waals surface area contributed by atoms with Crippen molar-refractivity contribution in [1.29, 1.82) is 0 Å². The average molecular weight is 254 g/mol. The van der Waals surface area contributed by atoms with Crippen molar-refractivity contribution in [2.45, 2.75) is 9.79 Å². The predicted molar refractivity (Wildman–Crippen MR) is 71.9 cm³/mol. The molecule has 0 bridgehead atoms. The van der Waals surface area contributed by atoms with Crippen LogP contribution in [0.4, 0.5) is 0 Å². The van der Waals surface area contributed by atoms with Gasteiger partial charge in [0.25, 0.3) is 0 Å². The van der Waals surface area contributed by atoms with E-state index < -0.39 is 11.2 Å². The Morgan fingerprint density at radius 1 is 0.944 bits per heavy atom. The van der Waals surface area contributed by atoms with Crippen molar-refractivity contribution < 1.29 is 9.35 Å². The van der Waals surface area contributed by atoms with Gasteiger partial charge in [0, 0.05) is 33.9 Å². The lowest BCUT2D eigenvalue weighted by atomic mass is 10.1. The maximum atomic E-state index is 12.6. The van der Waals surface area contributed by atoms with E-state index in [0.717, 1.165) is 22.3 Å². The van der Waals surface area contributed by atoms with E-state index >= 15 is 0 Å². The number of hydrogen-bond donors (Lipinski definition) is 0. The number of rotatable bonds is 1. The van der Waals surface area contributed by atoms with Gasteiger partial charge in [-0.05, 0) is 30.4 Å². The van der Waals surface area contributed by atoms with Crippen LogP contribution < -0.4 is 0 Å². The molecule has 0 radical (unpaired) electrons. The molecule has 1 heterocycles. The van der Waals surface area contributed by atoms with Gasteiger partial charge in [0.2, 0.25) is 0 Å². The minimum atomic E-state index is -1.24. The zero-order chi connectivity index (χ0) is 12.5. The van der Waals surface area contributed by atoms with E-state index in [9.17, 15) is 9.35 Å². The van der Waals surface area contributed by atoms with Crippen molar-refractivity contribution in [3.05, 3.63) is 59.2 Å². The van der Waals surface area contributed by atoms with E-state index in [4.69, 9.17) is 0 Å². The van der Waals surface area contributed by atoms with Gasteiger partial charge in [0.05, 0.1) is 0 Å². The van der Waals surface area contributed by atoms with Gasteiger partial charge in [-0.1, -0.05) is 18.2 Å². The molecule has 88 valence electrons. The maximum Gasteiger partial charge on any atom is 0.166 e. The molecule has 1 aliphatic rings. The third-order valence-corrected chi connectivity index (χ3v) is 4.46. The maximum absolute atomic E-state index is 12.6. The summed E-state index contributed by atoms with van der Waals surface area (Å²) in [7, 11) is 0. The molecule has 0 N–H and O–H groups in total. The van der Waals surface area contributed by atoms with Gasteiger partial charge < -0.3 is 4.55 Å². The summed E-state index contributed by atoms with van der Waals surface area (Å²) in [5.41, 5.74) is 2.41. The van der Waals surface area contributed by atoms with Crippen LogP contribution in [0.15, 0.2) is 52.3 Å². The monoisotopic (exact) mass is 254 g/mol. The highest BCUT2D eigenvalue weighted by atomic mass is 32.2. The highest BCUT2D eigenvalue weighted by Gasteiger charge is 2.23. The summed E-state index contributed by atoms with van der Waals surface area (Å²) in [5.74, 6) is 0. The fourth-order valence-electron chi connectivity index (χ4n) is 2.01. The van der Waals surface area contributed by atoms with Crippen LogP contribution in [0.3, 0.4) is 0 Å². The van der Waals surface area contributed by atoms with Gasteiger partial charge in [-0.3, -0.25) is 4.79 Å². The SMILES string of the molecule is O=Cc1ccc2c(c1)[S+]([O-])c1ccccc1C=C2. The van der Waals surface area contributed by atoms with E-state index in [2.05, 4.69) is 0 Å². The molecule has 3 rings (SSSR count). The summed E-state index contributed by atoms with van der Waals surface area (Å²) < 4.78 is 12.6. The van der Waals surface area contributed by atoms with Crippen LogP contribution in [0, 0.1) is 0 Å². The van der Waals surface area contributed by atoms with E-state index in [-0.39, 0.29) is 0 Å². The Morgan fingerprint density at radius 2 is 1.67 bits per heavy atom. The summed E-state index contributed by atoms with van der Waals surface area (Å²) in [6.45, 7) is 0. The lowest BCUT2D eigenvalue weighted by molar-refractivity contribution is 0.112. The van der Waals surface area contributed by atoms with Crippen molar-refractivity contribution in [3.8, 4) is 0 Å². The van der Waals surface area contributed by atoms with E-state index in [0.29, 0.717) is 10.5 Å². The first-order chi connectivity index (χ1) is 8.79. The van der Waals surface area contributed by atoms with Gasteiger partial charge >= 0.3 is 0 Å². The summed E-state index contributed by atoms with van der Waals surface area (Å²) in [4.78, 5) is 12.3. The number of fused-ring (bicyclic) bond motifs is 2. The topological polar surface area (TPSA) is 40.1 Å². The highest BCUT2D eigenvalue weighted by Crippen LogP contribution is 2.32. The van der Waals surface area contributed by atoms with Crippen molar-refractivity contribution >= 4 is 29.6 Å². The molecular formula is C15H10O2S. The fraction of sp³-hybridized carbons (Fsp3) is 0. The van der Waals surface area contributed by atoms with Crippen LogP contribution in [-0.2, 0) is 11.2 Å². The molecule has 1 atom stereocenters. The standard InChI is InChI=1S/C15H10O2S/c16-10-11-5-6-13-8-7-12-3-1-2-4-14(12)18(17)15(13)9-11/h1-10H. The Kier molecular flexibility index (Phi) is 2.78. The van der Waals surface area contributed by atoms with Crippen LogP contribution in [-0.4, -0.2) is 10.8 Å². The lowest BCUT2D eigenvalue weighted by Crippen LogP contribution is -2.05. The molecule has 2 aromatic carbocycles. The number of hydrogen-bond acceptors (Lipinski definition) is 2. The molecule has 2 nitrogen and oxygen atoms in total. The molecule has 0 fully saturated rings. The van der Waals surface area contributed by atoms with Crippen molar-refractivity contribution in [2.24, 2.45) is 0 Å². The van der Waals surface area contributed by atoms with Crippen LogP contribution in [0.2, 0.25) is 0 Å². The van der Waals surface area contributed by atoms with Gasteiger partial charge in [-0.25, -0.2) is 0 Å². The molecule has 18 heavy (non-hydrogen) atoms. The molecular weight excluding hydrogens is 244 g/mol. The molecule has 1 unspecified atom stereocenters. The molecule has 0 aliphatic carbocycles. The summed E-state index contributed by atoms with van der Waals surface area (Å²) in [5, 5.41) is 0. The first kappa shape index (κ1) is 11.3.